The lowest BCUT2D eigenvalue weighted by Crippen LogP contribution is -2.44. The fourth-order valence-electron chi connectivity index (χ4n) is 5.44. The number of alkyl halides is 6. The van der Waals surface area contributed by atoms with Gasteiger partial charge in [0.15, 0.2) is 15.6 Å². The Labute approximate surface area is 245 Å². The van der Waals surface area contributed by atoms with Crippen molar-refractivity contribution in [3.63, 3.8) is 0 Å². The van der Waals surface area contributed by atoms with E-state index >= 15 is 0 Å². The van der Waals surface area contributed by atoms with Crippen molar-refractivity contribution in [2.75, 3.05) is 32.2 Å². The number of nitrogens with one attached hydrogen (secondary N) is 1. The van der Waals surface area contributed by atoms with Crippen LogP contribution in [-0.4, -0.2) is 63.4 Å². The molecule has 43 heavy (non-hydrogen) atoms. The molecule has 3 N–H and O–H groups in total. The first-order chi connectivity index (χ1) is 19.9. The summed E-state index contributed by atoms with van der Waals surface area (Å²) in [5.41, 5.74) is 7.05. The van der Waals surface area contributed by atoms with Gasteiger partial charge in [0.1, 0.15) is 6.54 Å². The van der Waals surface area contributed by atoms with Gasteiger partial charge in [-0.1, -0.05) is 18.1 Å². The lowest BCUT2D eigenvalue weighted by atomic mass is 9.74. The van der Waals surface area contributed by atoms with Gasteiger partial charge in [0.2, 0.25) is 0 Å². The second-order valence-electron chi connectivity index (χ2n) is 11.0. The molecule has 0 atom stereocenters. The first-order valence-corrected chi connectivity index (χ1v) is 15.2. The summed E-state index contributed by atoms with van der Waals surface area (Å²) in [7, 11) is 0.178. The average Bonchev–Trinajstić information content (AvgIpc) is 3.21. The number of fused-ring (bicyclic) bond motifs is 1. The van der Waals surface area contributed by atoms with Gasteiger partial charge < -0.3 is 25.3 Å². The number of anilines is 1. The molecule has 2 aromatic carbocycles. The fraction of sp³-hybridized carbons (Fsp3) is 0.448. The molecule has 0 aliphatic heterocycles. The number of hydrogen-bond donors (Lipinski definition) is 2. The highest BCUT2D eigenvalue weighted by Crippen LogP contribution is 2.40. The molecule has 14 heteroatoms. The van der Waals surface area contributed by atoms with Gasteiger partial charge in [0, 0.05) is 34.8 Å². The highest BCUT2D eigenvalue weighted by Gasteiger charge is 2.37. The lowest BCUT2D eigenvalue weighted by molar-refractivity contribution is -0.274. The number of rotatable bonds is 7. The third-order valence-corrected chi connectivity index (χ3v) is 8.70. The Bertz CT molecular complexity index is 1640. The Morgan fingerprint density at radius 2 is 1.77 bits per heavy atom. The van der Waals surface area contributed by atoms with Gasteiger partial charge in [-0.2, -0.15) is 13.2 Å². The molecule has 1 heterocycles. The second kappa shape index (κ2) is 11.9. The molecule has 1 aromatic heterocycles. The fourth-order valence-corrected chi connectivity index (χ4v) is 6.07. The molecule has 1 aliphatic carbocycles. The summed E-state index contributed by atoms with van der Waals surface area (Å²) >= 11 is 0. The van der Waals surface area contributed by atoms with Gasteiger partial charge in [0.25, 0.3) is 0 Å². The van der Waals surface area contributed by atoms with Gasteiger partial charge >= 0.3 is 12.5 Å². The number of nitrogens with two attached hydrogens (primary N) is 1. The third-order valence-electron chi connectivity index (χ3n) is 7.59. The number of hydrogen-bond acceptors (Lipinski definition) is 6. The van der Waals surface area contributed by atoms with E-state index < -0.39 is 40.2 Å². The van der Waals surface area contributed by atoms with Gasteiger partial charge in [-0.05, 0) is 75.5 Å². The van der Waals surface area contributed by atoms with Crippen LogP contribution < -0.4 is 15.8 Å². The summed E-state index contributed by atoms with van der Waals surface area (Å²) in [6.07, 6.45) is -5.81. The molecular weight excluding hydrogens is 598 g/mol. The summed E-state index contributed by atoms with van der Waals surface area (Å²) in [6.45, 7) is -1.58. The molecule has 0 spiro atoms. The van der Waals surface area contributed by atoms with Crippen molar-refractivity contribution in [3.8, 4) is 17.6 Å². The maximum absolute atomic E-state index is 13.6. The summed E-state index contributed by atoms with van der Waals surface area (Å²) < 4.78 is 108. The predicted octanol–water partition coefficient (Wildman–Crippen LogP) is 5.63. The lowest BCUT2D eigenvalue weighted by Gasteiger charge is -2.40. The van der Waals surface area contributed by atoms with Gasteiger partial charge in [-0.25, -0.2) is 8.42 Å². The normalized spacial score (nSPS) is 19.7. The first-order valence-electron chi connectivity index (χ1n) is 13.3. The summed E-state index contributed by atoms with van der Waals surface area (Å²) in [4.78, 5) is 1.75. The van der Waals surface area contributed by atoms with E-state index in [2.05, 4.69) is 26.8 Å². The van der Waals surface area contributed by atoms with Crippen LogP contribution in [0, 0.1) is 11.8 Å². The van der Waals surface area contributed by atoms with Crippen LogP contribution in [0.2, 0.25) is 0 Å². The Morgan fingerprint density at radius 3 is 2.35 bits per heavy atom. The van der Waals surface area contributed by atoms with E-state index in [4.69, 9.17) is 5.73 Å². The molecule has 1 saturated carbocycles. The third kappa shape index (κ3) is 7.95. The molecule has 1 aliphatic rings. The van der Waals surface area contributed by atoms with Crippen molar-refractivity contribution in [1.29, 1.82) is 0 Å². The van der Waals surface area contributed by atoms with Gasteiger partial charge in [-0.3, -0.25) is 0 Å². The molecule has 0 bridgehead atoms. The van der Waals surface area contributed by atoms with Crippen LogP contribution >= 0.6 is 0 Å². The molecular formula is C29H32F6N4O3S. The summed E-state index contributed by atoms with van der Waals surface area (Å²) in [6, 6.07) is 9.95. The minimum Gasteiger partial charge on any atom is -0.404 e. The molecule has 234 valence electrons. The second-order valence-corrected chi connectivity index (χ2v) is 13.0. The van der Waals surface area contributed by atoms with Crippen LogP contribution in [0.5, 0.6) is 5.75 Å². The van der Waals surface area contributed by atoms with Crippen molar-refractivity contribution >= 4 is 26.4 Å². The summed E-state index contributed by atoms with van der Waals surface area (Å²) in [5.74, 6) is 4.58. The zero-order chi connectivity index (χ0) is 31.8. The Hall–Kier alpha value is -3.41. The monoisotopic (exact) mass is 630 g/mol. The van der Waals surface area contributed by atoms with Crippen LogP contribution in [0.1, 0.15) is 36.9 Å². The Balaban J connectivity index is 1.66. The van der Waals surface area contributed by atoms with Crippen LogP contribution in [0.3, 0.4) is 0 Å². The van der Waals surface area contributed by atoms with E-state index in [0.717, 1.165) is 47.4 Å². The number of halogens is 6. The van der Waals surface area contributed by atoms with Crippen LogP contribution in [0.4, 0.5) is 32.0 Å². The molecule has 7 nitrogen and oxygen atoms in total. The Morgan fingerprint density at radius 1 is 1.09 bits per heavy atom. The average molecular weight is 631 g/mol. The molecule has 3 aromatic rings. The highest BCUT2D eigenvalue weighted by atomic mass is 32.2. The predicted molar refractivity (Wildman–Crippen MR) is 151 cm³/mol. The van der Waals surface area contributed by atoms with Crippen molar-refractivity contribution in [3.05, 3.63) is 53.7 Å². The van der Waals surface area contributed by atoms with E-state index in [1.807, 2.05) is 20.2 Å². The van der Waals surface area contributed by atoms with E-state index in [0.29, 0.717) is 29.8 Å². The van der Waals surface area contributed by atoms with Crippen LogP contribution in [0.15, 0.2) is 47.4 Å². The molecule has 4 rings (SSSR count). The van der Waals surface area contributed by atoms with E-state index in [-0.39, 0.29) is 22.8 Å². The molecule has 0 unspecified atom stereocenters. The van der Waals surface area contributed by atoms with E-state index in [1.165, 1.54) is 0 Å². The van der Waals surface area contributed by atoms with E-state index in [9.17, 15) is 34.8 Å². The van der Waals surface area contributed by atoms with Crippen LogP contribution in [-0.2, 0) is 21.9 Å². The smallest absolute Gasteiger partial charge is 0.404 e. The molecule has 0 radical (unpaired) electrons. The molecule has 0 amide bonds. The van der Waals surface area contributed by atoms with Gasteiger partial charge in [0.05, 0.1) is 22.8 Å². The molecule has 0 saturated heterocycles. The summed E-state index contributed by atoms with van der Waals surface area (Å²) in [5, 5.41) is 3.18. The molecule has 1 fully saturated rings. The Kier molecular flexibility index (Phi) is 9.02. The number of sulfone groups is 1. The first kappa shape index (κ1) is 32.5. The van der Waals surface area contributed by atoms with Crippen molar-refractivity contribution in [2.24, 2.45) is 5.73 Å². The van der Waals surface area contributed by atoms with Crippen LogP contribution in [0.25, 0.3) is 10.9 Å². The quantitative estimate of drug-likeness (QED) is 0.260. The number of nitrogens with zero attached hydrogens (tertiary/aromatic N) is 2. The highest BCUT2D eigenvalue weighted by molar-refractivity contribution is 7.90. The number of ether oxygens (including phenoxy) is 1. The van der Waals surface area contributed by atoms with E-state index in [1.54, 1.807) is 18.2 Å². The zero-order valence-corrected chi connectivity index (χ0v) is 24.6. The van der Waals surface area contributed by atoms with Gasteiger partial charge in [-0.15, -0.1) is 13.2 Å². The van der Waals surface area contributed by atoms with Crippen molar-refractivity contribution in [1.82, 2.24) is 9.47 Å². The van der Waals surface area contributed by atoms with Crippen molar-refractivity contribution < 1.29 is 39.5 Å². The maximum Gasteiger partial charge on any atom is 0.573 e. The SMILES string of the molecule is CN(C)C1CCC(N)(c2cccc3c2cc(C#CCNc2ccc(S(C)(=O)=O)cc2OC(F)(F)F)n3CC(F)(F)F)CC1. The number of benzene rings is 2. The minimum absolute atomic E-state index is 0.0614. The number of aromatic nitrogens is 1. The zero-order valence-electron chi connectivity index (χ0n) is 23.7. The largest absolute Gasteiger partial charge is 0.573 e. The topological polar surface area (TPSA) is 89.6 Å². The maximum atomic E-state index is 13.6. The standard InChI is InChI=1S/C29H32F6N4O3S/c1-38(2)19-11-13-27(36,14-12-19)23-7-4-8-25-22(23)16-20(39(25)18-28(30,31)32)6-5-15-37-24-10-9-21(43(3,40)41)17-26(24)42-29(33,34)35/h4,7-10,16-17,19,37H,11-15,18,36H2,1-3H3. The van der Waals surface area contributed by atoms with Crippen molar-refractivity contribution in [2.45, 2.75) is 61.2 Å². The minimum atomic E-state index is -5.10.